The van der Waals surface area contributed by atoms with Crippen LogP contribution in [-0.4, -0.2) is 29.0 Å². The molecule has 1 rings (SSSR count). The molecule has 1 heterocycles. The number of rotatable bonds is 6. The molecule has 0 radical (unpaired) electrons. The van der Waals surface area contributed by atoms with E-state index in [9.17, 15) is 4.79 Å². The van der Waals surface area contributed by atoms with E-state index >= 15 is 0 Å². The Morgan fingerprint density at radius 3 is 2.72 bits per heavy atom. The molecule has 1 amide bonds. The summed E-state index contributed by atoms with van der Waals surface area (Å²) in [6, 6.07) is 1.77. The van der Waals surface area contributed by atoms with Crippen LogP contribution in [0.5, 0.6) is 0 Å². The third kappa shape index (κ3) is 3.52. The molecular weight excluding hydrogens is 226 g/mol. The lowest BCUT2D eigenvalue weighted by Crippen LogP contribution is -2.32. The van der Waals surface area contributed by atoms with E-state index in [0.717, 1.165) is 25.9 Å². The fourth-order valence-electron chi connectivity index (χ4n) is 2.01. The highest BCUT2D eigenvalue weighted by Crippen LogP contribution is 2.14. The molecule has 0 saturated carbocycles. The Balaban J connectivity index is 2.82. The normalized spacial score (nSPS) is 12.4. The van der Waals surface area contributed by atoms with E-state index < -0.39 is 0 Å². The number of amides is 1. The third-order valence-corrected chi connectivity index (χ3v) is 3.23. The summed E-state index contributed by atoms with van der Waals surface area (Å²) in [6.45, 7) is 8.00. The molecule has 18 heavy (non-hydrogen) atoms. The molecule has 2 N–H and O–H groups in total. The average molecular weight is 251 g/mol. The van der Waals surface area contributed by atoms with Crippen molar-refractivity contribution in [3.8, 4) is 0 Å². The maximum atomic E-state index is 12.4. The van der Waals surface area contributed by atoms with E-state index in [0.29, 0.717) is 17.3 Å². The number of aryl methyl sites for hydroxylation is 1. The number of nitrogens with zero attached hydrogens (tertiary/aromatic N) is 2. The summed E-state index contributed by atoms with van der Waals surface area (Å²) in [5, 5.41) is 0. The van der Waals surface area contributed by atoms with E-state index in [1.54, 1.807) is 11.0 Å². The molecule has 0 aromatic carbocycles. The topological polar surface area (TPSA) is 51.3 Å². The van der Waals surface area contributed by atoms with E-state index in [4.69, 9.17) is 5.73 Å². The molecule has 0 aliphatic carbocycles. The molecule has 4 nitrogen and oxygen atoms in total. The summed E-state index contributed by atoms with van der Waals surface area (Å²) in [6.07, 6.45) is 3.91. The third-order valence-electron chi connectivity index (χ3n) is 3.23. The molecule has 0 fully saturated rings. The van der Waals surface area contributed by atoms with Crippen LogP contribution in [0.15, 0.2) is 12.3 Å². The molecule has 4 heteroatoms. The molecule has 0 spiro atoms. The van der Waals surface area contributed by atoms with Gasteiger partial charge < -0.3 is 15.2 Å². The lowest BCUT2D eigenvalue weighted by molar-refractivity contribution is 0.0764. The van der Waals surface area contributed by atoms with Gasteiger partial charge in [-0.2, -0.15) is 0 Å². The van der Waals surface area contributed by atoms with Gasteiger partial charge in [0.05, 0.1) is 5.69 Å². The van der Waals surface area contributed by atoms with Crippen molar-refractivity contribution < 1.29 is 4.79 Å². The number of aromatic nitrogens is 1. The van der Waals surface area contributed by atoms with Crippen LogP contribution in [0.25, 0.3) is 0 Å². The predicted molar refractivity (Wildman–Crippen MR) is 75.6 cm³/mol. The average Bonchev–Trinajstić information content (AvgIpc) is 2.69. The van der Waals surface area contributed by atoms with Gasteiger partial charge in [-0.15, -0.1) is 0 Å². The summed E-state index contributed by atoms with van der Waals surface area (Å²) in [5.74, 6) is 0.575. The number of anilines is 1. The minimum atomic E-state index is 0.0560. The van der Waals surface area contributed by atoms with Crippen LogP contribution in [0.2, 0.25) is 0 Å². The Morgan fingerprint density at radius 1 is 1.50 bits per heavy atom. The van der Waals surface area contributed by atoms with Crippen LogP contribution in [-0.2, 0) is 6.54 Å². The molecule has 1 aromatic heterocycles. The molecule has 1 atom stereocenters. The minimum absolute atomic E-state index is 0.0560. The zero-order chi connectivity index (χ0) is 13.7. The van der Waals surface area contributed by atoms with Crippen molar-refractivity contribution in [3.63, 3.8) is 0 Å². The highest BCUT2D eigenvalue weighted by Gasteiger charge is 2.18. The summed E-state index contributed by atoms with van der Waals surface area (Å²) < 4.78 is 1.95. The van der Waals surface area contributed by atoms with Crippen LogP contribution < -0.4 is 5.73 Å². The first kappa shape index (κ1) is 14.6. The molecule has 0 aliphatic heterocycles. The summed E-state index contributed by atoms with van der Waals surface area (Å²) >= 11 is 0. The first-order valence-electron chi connectivity index (χ1n) is 6.70. The quantitative estimate of drug-likeness (QED) is 0.845. The lowest BCUT2D eigenvalue weighted by atomic mass is 10.1. The van der Waals surface area contributed by atoms with Gasteiger partial charge in [-0.25, -0.2) is 0 Å². The van der Waals surface area contributed by atoms with Crippen LogP contribution in [0, 0.1) is 5.92 Å². The first-order chi connectivity index (χ1) is 8.49. The van der Waals surface area contributed by atoms with Gasteiger partial charge in [-0.1, -0.05) is 27.2 Å². The molecule has 0 saturated heterocycles. The minimum Gasteiger partial charge on any atom is -0.397 e. The number of carbonyl (C=O) groups is 1. The fraction of sp³-hybridized carbons (Fsp3) is 0.643. The Kier molecular flexibility index (Phi) is 5.25. The fourth-order valence-corrected chi connectivity index (χ4v) is 2.01. The summed E-state index contributed by atoms with van der Waals surface area (Å²) in [4.78, 5) is 14.1. The van der Waals surface area contributed by atoms with Crippen LogP contribution >= 0.6 is 0 Å². The van der Waals surface area contributed by atoms with Crippen LogP contribution in [0.3, 0.4) is 0 Å². The summed E-state index contributed by atoms with van der Waals surface area (Å²) in [7, 11) is 1.86. The van der Waals surface area contributed by atoms with Gasteiger partial charge in [0, 0.05) is 26.3 Å². The summed E-state index contributed by atoms with van der Waals surface area (Å²) in [5.41, 5.74) is 7.13. The van der Waals surface area contributed by atoms with Crippen molar-refractivity contribution in [1.82, 2.24) is 9.47 Å². The van der Waals surface area contributed by atoms with Gasteiger partial charge in [0.2, 0.25) is 0 Å². The maximum Gasteiger partial charge on any atom is 0.270 e. The Labute approximate surface area is 110 Å². The zero-order valence-corrected chi connectivity index (χ0v) is 11.9. The standard InChI is InChI=1S/C14H25N3O/c1-5-7-17-10-12(15)8-13(17)14(18)16(4)9-11(3)6-2/h8,10-11H,5-7,9,15H2,1-4H3. The van der Waals surface area contributed by atoms with Gasteiger partial charge in [-0.05, 0) is 18.4 Å². The second-order valence-corrected chi connectivity index (χ2v) is 5.05. The first-order valence-corrected chi connectivity index (χ1v) is 6.70. The number of hydrogen-bond donors (Lipinski definition) is 1. The second-order valence-electron chi connectivity index (χ2n) is 5.05. The van der Waals surface area contributed by atoms with Crippen molar-refractivity contribution in [1.29, 1.82) is 0 Å². The van der Waals surface area contributed by atoms with Crippen molar-refractivity contribution in [3.05, 3.63) is 18.0 Å². The number of nitrogen functional groups attached to an aromatic ring is 1. The number of nitrogens with two attached hydrogens (primary N) is 1. The number of hydrogen-bond acceptors (Lipinski definition) is 2. The number of carbonyl (C=O) groups excluding carboxylic acids is 1. The van der Waals surface area contributed by atoms with Gasteiger partial charge in [0.15, 0.2) is 0 Å². The lowest BCUT2D eigenvalue weighted by Gasteiger charge is -2.21. The smallest absolute Gasteiger partial charge is 0.270 e. The van der Waals surface area contributed by atoms with E-state index in [1.807, 2.05) is 17.8 Å². The maximum absolute atomic E-state index is 12.4. The Morgan fingerprint density at radius 2 is 2.17 bits per heavy atom. The molecule has 0 aliphatic rings. The largest absolute Gasteiger partial charge is 0.397 e. The van der Waals surface area contributed by atoms with Gasteiger partial charge in [-0.3, -0.25) is 4.79 Å². The Bertz CT molecular complexity index is 398. The molecule has 102 valence electrons. The molecule has 1 aromatic rings. The van der Waals surface area contributed by atoms with E-state index in [-0.39, 0.29) is 5.91 Å². The van der Waals surface area contributed by atoms with Crippen molar-refractivity contribution >= 4 is 11.6 Å². The van der Waals surface area contributed by atoms with Gasteiger partial charge >= 0.3 is 0 Å². The zero-order valence-electron chi connectivity index (χ0n) is 11.9. The van der Waals surface area contributed by atoms with Crippen molar-refractivity contribution in [2.24, 2.45) is 5.92 Å². The van der Waals surface area contributed by atoms with Crippen LogP contribution in [0.4, 0.5) is 5.69 Å². The Hall–Kier alpha value is -1.45. The van der Waals surface area contributed by atoms with Crippen molar-refractivity contribution in [2.45, 2.75) is 40.2 Å². The van der Waals surface area contributed by atoms with E-state index in [1.165, 1.54) is 0 Å². The monoisotopic (exact) mass is 251 g/mol. The highest BCUT2D eigenvalue weighted by molar-refractivity contribution is 5.93. The molecule has 1 unspecified atom stereocenters. The van der Waals surface area contributed by atoms with Crippen LogP contribution in [0.1, 0.15) is 44.1 Å². The second kappa shape index (κ2) is 6.47. The van der Waals surface area contributed by atoms with E-state index in [2.05, 4.69) is 20.8 Å². The van der Waals surface area contributed by atoms with Gasteiger partial charge in [0.1, 0.15) is 5.69 Å². The molecular formula is C14H25N3O. The van der Waals surface area contributed by atoms with Crippen molar-refractivity contribution in [2.75, 3.05) is 19.3 Å². The highest BCUT2D eigenvalue weighted by atomic mass is 16.2. The SMILES string of the molecule is CCCn1cc(N)cc1C(=O)N(C)CC(C)CC. The molecule has 0 bridgehead atoms. The van der Waals surface area contributed by atoms with Gasteiger partial charge in [0.25, 0.3) is 5.91 Å². The predicted octanol–water partition coefficient (Wildman–Crippen LogP) is 2.60.